The summed E-state index contributed by atoms with van der Waals surface area (Å²) in [6, 6.07) is 17.4. The number of nitrogens with zero attached hydrogens (tertiary/aromatic N) is 3. The number of ether oxygens (including phenoxy) is 2. The Morgan fingerprint density at radius 2 is 1.72 bits per heavy atom. The average molecular weight is 385 g/mol. The van der Waals surface area contributed by atoms with Gasteiger partial charge in [-0.2, -0.15) is 0 Å². The number of hydrogen-bond acceptors (Lipinski definition) is 5. The number of methoxy groups -OCH3 is 2. The Hall–Kier alpha value is -4.00. The molecule has 2 aromatic carbocycles. The zero-order valence-electron chi connectivity index (χ0n) is 16.0. The number of anilines is 1. The number of aromatic nitrogens is 4. The van der Waals surface area contributed by atoms with E-state index in [2.05, 4.69) is 9.97 Å². The molecule has 0 bridgehead atoms. The van der Waals surface area contributed by atoms with E-state index in [0.29, 0.717) is 23.1 Å². The lowest BCUT2D eigenvalue weighted by molar-refractivity contribution is 0.394. The molecule has 3 heterocycles. The zero-order valence-corrected chi connectivity index (χ0v) is 16.0. The number of H-pyrrole nitrogens is 1. The molecular weight excluding hydrogens is 366 g/mol. The summed E-state index contributed by atoms with van der Waals surface area (Å²) in [5, 5.41) is 0. The van der Waals surface area contributed by atoms with E-state index in [-0.39, 0.29) is 0 Å². The van der Waals surface area contributed by atoms with Gasteiger partial charge in [-0.1, -0.05) is 12.1 Å². The molecule has 0 saturated carbocycles. The molecule has 0 unspecified atom stereocenters. The van der Waals surface area contributed by atoms with Crippen LogP contribution in [-0.2, 0) is 0 Å². The number of pyridine rings is 1. The Morgan fingerprint density at radius 1 is 0.966 bits per heavy atom. The highest BCUT2D eigenvalue weighted by Crippen LogP contribution is 2.38. The second-order valence-electron chi connectivity index (χ2n) is 6.64. The summed E-state index contributed by atoms with van der Waals surface area (Å²) in [4.78, 5) is 12.7. The first kappa shape index (κ1) is 17.1. The maximum atomic E-state index is 6.67. The van der Waals surface area contributed by atoms with Gasteiger partial charge in [0.2, 0.25) is 0 Å². The van der Waals surface area contributed by atoms with Crippen molar-refractivity contribution in [2.75, 3.05) is 20.0 Å². The predicted molar refractivity (Wildman–Crippen MR) is 114 cm³/mol. The molecule has 144 valence electrons. The highest BCUT2D eigenvalue weighted by Gasteiger charge is 2.21. The first-order valence-electron chi connectivity index (χ1n) is 9.13. The zero-order chi connectivity index (χ0) is 20.0. The molecular formula is C22H19N5O2. The SMILES string of the molecule is COc1cc(OC)cc(-n2c(N)c(-c3nc4ccccc4[nH]3)c3ncccc32)c1. The molecule has 29 heavy (non-hydrogen) atoms. The van der Waals surface area contributed by atoms with Crippen molar-refractivity contribution >= 4 is 27.9 Å². The van der Waals surface area contributed by atoms with Gasteiger partial charge >= 0.3 is 0 Å². The van der Waals surface area contributed by atoms with Crippen LogP contribution >= 0.6 is 0 Å². The first-order chi connectivity index (χ1) is 14.2. The molecule has 0 amide bonds. The van der Waals surface area contributed by atoms with E-state index in [1.54, 1.807) is 20.4 Å². The minimum Gasteiger partial charge on any atom is -0.497 e. The van der Waals surface area contributed by atoms with E-state index in [0.717, 1.165) is 33.3 Å². The van der Waals surface area contributed by atoms with E-state index in [1.807, 2.05) is 59.2 Å². The Kier molecular flexibility index (Phi) is 3.87. The van der Waals surface area contributed by atoms with Crippen LogP contribution in [0, 0.1) is 0 Å². The van der Waals surface area contributed by atoms with E-state index in [1.165, 1.54) is 0 Å². The van der Waals surface area contributed by atoms with Crippen LogP contribution in [-0.4, -0.2) is 33.7 Å². The Morgan fingerprint density at radius 3 is 2.45 bits per heavy atom. The summed E-state index contributed by atoms with van der Waals surface area (Å²) in [5.74, 6) is 2.57. The number of nitrogens with one attached hydrogen (secondary N) is 1. The van der Waals surface area contributed by atoms with E-state index in [4.69, 9.17) is 20.2 Å². The number of rotatable bonds is 4. The molecule has 5 aromatic rings. The lowest BCUT2D eigenvalue weighted by atomic mass is 10.2. The quantitative estimate of drug-likeness (QED) is 0.485. The monoisotopic (exact) mass is 385 g/mol. The van der Waals surface area contributed by atoms with Crippen molar-refractivity contribution in [3.63, 3.8) is 0 Å². The molecule has 0 aliphatic heterocycles. The van der Waals surface area contributed by atoms with Crippen molar-refractivity contribution in [1.29, 1.82) is 0 Å². The van der Waals surface area contributed by atoms with Crippen molar-refractivity contribution in [2.24, 2.45) is 0 Å². The highest BCUT2D eigenvalue weighted by atomic mass is 16.5. The van der Waals surface area contributed by atoms with Gasteiger partial charge in [-0.05, 0) is 24.3 Å². The highest BCUT2D eigenvalue weighted by molar-refractivity contribution is 6.01. The normalized spacial score (nSPS) is 11.2. The minimum atomic E-state index is 0.535. The summed E-state index contributed by atoms with van der Waals surface area (Å²) in [6.07, 6.45) is 1.75. The minimum absolute atomic E-state index is 0.535. The Bertz CT molecular complexity index is 1300. The number of aromatic amines is 1. The largest absolute Gasteiger partial charge is 0.497 e. The summed E-state index contributed by atoms with van der Waals surface area (Å²) < 4.78 is 12.8. The molecule has 0 spiro atoms. The van der Waals surface area contributed by atoms with Crippen LogP contribution in [0.25, 0.3) is 39.1 Å². The molecule has 7 nitrogen and oxygen atoms in total. The van der Waals surface area contributed by atoms with Gasteiger partial charge < -0.3 is 20.2 Å². The van der Waals surface area contributed by atoms with E-state index in [9.17, 15) is 0 Å². The molecule has 3 aromatic heterocycles. The Labute approximate surface area is 166 Å². The molecule has 0 radical (unpaired) electrons. The fourth-order valence-electron chi connectivity index (χ4n) is 3.64. The third-order valence-corrected chi connectivity index (χ3v) is 4.98. The van der Waals surface area contributed by atoms with Gasteiger partial charge in [-0.3, -0.25) is 9.55 Å². The van der Waals surface area contributed by atoms with Crippen molar-refractivity contribution < 1.29 is 9.47 Å². The van der Waals surface area contributed by atoms with Gasteiger partial charge in [0.05, 0.1) is 42.0 Å². The molecule has 0 saturated heterocycles. The topological polar surface area (TPSA) is 91.0 Å². The van der Waals surface area contributed by atoms with Gasteiger partial charge in [-0.25, -0.2) is 4.98 Å². The molecule has 0 atom stereocenters. The molecule has 5 rings (SSSR count). The van der Waals surface area contributed by atoms with Gasteiger partial charge in [-0.15, -0.1) is 0 Å². The number of hydrogen-bond donors (Lipinski definition) is 2. The van der Waals surface area contributed by atoms with Crippen LogP contribution < -0.4 is 15.2 Å². The van der Waals surface area contributed by atoms with Crippen LogP contribution in [0.4, 0.5) is 5.82 Å². The lowest BCUT2D eigenvalue weighted by Gasteiger charge is -2.12. The molecule has 7 heteroatoms. The van der Waals surface area contributed by atoms with E-state index >= 15 is 0 Å². The van der Waals surface area contributed by atoms with Crippen LogP contribution in [0.3, 0.4) is 0 Å². The number of nitrogens with two attached hydrogens (primary N) is 1. The summed E-state index contributed by atoms with van der Waals surface area (Å²) in [5.41, 5.74) is 11.7. The van der Waals surface area contributed by atoms with Gasteiger partial charge in [0, 0.05) is 24.4 Å². The summed E-state index contributed by atoms with van der Waals surface area (Å²) >= 11 is 0. The number of benzene rings is 2. The van der Waals surface area contributed by atoms with Gasteiger partial charge in [0.15, 0.2) is 0 Å². The summed E-state index contributed by atoms with van der Waals surface area (Å²) in [7, 11) is 3.24. The van der Waals surface area contributed by atoms with Gasteiger partial charge in [0.1, 0.15) is 28.7 Å². The maximum absolute atomic E-state index is 6.67. The fourth-order valence-corrected chi connectivity index (χ4v) is 3.64. The molecule has 0 aliphatic carbocycles. The lowest BCUT2D eigenvalue weighted by Crippen LogP contribution is -2.02. The van der Waals surface area contributed by atoms with Crippen molar-refractivity contribution in [2.45, 2.75) is 0 Å². The third kappa shape index (κ3) is 2.67. The standard InChI is InChI=1S/C22H19N5O2/c1-28-14-10-13(11-15(12-14)29-2)27-18-8-5-9-24-20(18)19(21(27)23)22-25-16-6-3-4-7-17(16)26-22/h3-12H,23H2,1-2H3,(H,25,26). The second-order valence-corrected chi connectivity index (χ2v) is 6.64. The number of imidazole rings is 1. The average Bonchev–Trinajstić information content (AvgIpc) is 3.30. The number of para-hydroxylation sites is 2. The van der Waals surface area contributed by atoms with Crippen molar-refractivity contribution in [3.05, 3.63) is 60.8 Å². The Balaban J connectivity index is 1.82. The fraction of sp³-hybridized carbons (Fsp3) is 0.0909. The predicted octanol–water partition coefficient (Wildman–Crippen LogP) is 4.17. The van der Waals surface area contributed by atoms with Crippen LogP contribution in [0.5, 0.6) is 11.5 Å². The van der Waals surface area contributed by atoms with Crippen LogP contribution in [0.2, 0.25) is 0 Å². The smallest absolute Gasteiger partial charge is 0.144 e. The molecule has 3 N–H and O–H groups in total. The number of fused-ring (bicyclic) bond motifs is 2. The maximum Gasteiger partial charge on any atom is 0.144 e. The summed E-state index contributed by atoms with van der Waals surface area (Å²) in [6.45, 7) is 0. The number of nitrogen functional groups attached to an aromatic ring is 1. The molecule has 0 aliphatic rings. The first-order valence-corrected chi connectivity index (χ1v) is 9.13. The second kappa shape index (κ2) is 6.56. The van der Waals surface area contributed by atoms with Crippen LogP contribution in [0.1, 0.15) is 0 Å². The van der Waals surface area contributed by atoms with Crippen molar-refractivity contribution in [1.82, 2.24) is 19.5 Å². The third-order valence-electron chi connectivity index (χ3n) is 4.98. The van der Waals surface area contributed by atoms with Gasteiger partial charge in [0.25, 0.3) is 0 Å². The van der Waals surface area contributed by atoms with Crippen LogP contribution in [0.15, 0.2) is 60.8 Å². The molecule has 0 fully saturated rings. The van der Waals surface area contributed by atoms with Crippen molar-refractivity contribution in [3.8, 4) is 28.6 Å². The van der Waals surface area contributed by atoms with E-state index < -0.39 is 0 Å².